The summed E-state index contributed by atoms with van der Waals surface area (Å²) in [6.07, 6.45) is 4.54. The summed E-state index contributed by atoms with van der Waals surface area (Å²) >= 11 is 0. The lowest BCUT2D eigenvalue weighted by atomic mass is 9.61. The lowest BCUT2D eigenvalue weighted by molar-refractivity contribution is -0.109. The quantitative estimate of drug-likeness (QED) is 0.777. The third-order valence-electron chi connectivity index (χ3n) is 4.23. The molecule has 2 heteroatoms. The van der Waals surface area contributed by atoms with Crippen molar-refractivity contribution in [3.63, 3.8) is 0 Å². The summed E-state index contributed by atoms with van der Waals surface area (Å²) in [6, 6.07) is 0.196. The van der Waals surface area contributed by atoms with E-state index in [0.29, 0.717) is 5.92 Å². The van der Waals surface area contributed by atoms with E-state index >= 15 is 0 Å². The van der Waals surface area contributed by atoms with Crippen LogP contribution in [0.1, 0.15) is 60.3 Å². The molecule has 1 rings (SSSR count). The van der Waals surface area contributed by atoms with Gasteiger partial charge in [0.2, 0.25) is 0 Å². The van der Waals surface area contributed by atoms with Crippen molar-refractivity contribution in [3.05, 3.63) is 0 Å². The van der Waals surface area contributed by atoms with Gasteiger partial charge in [-0.15, -0.1) is 0 Å². The van der Waals surface area contributed by atoms with Gasteiger partial charge in [-0.1, -0.05) is 40.5 Å². The molecule has 1 fully saturated rings. The maximum atomic E-state index is 11.0. The van der Waals surface area contributed by atoms with Crippen molar-refractivity contribution in [2.45, 2.75) is 71.9 Å². The average molecular weight is 227 g/mol. The normalized spacial score (nSPS) is 33.8. The number of hydrogen-bond donors (Lipinski definition) is 2. The molecule has 2 N–H and O–H groups in total. The first-order chi connectivity index (χ1) is 7.32. The summed E-state index contributed by atoms with van der Waals surface area (Å²) < 4.78 is 0. The highest BCUT2D eigenvalue weighted by molar-refractivity contribution is 5.01. The first-order valence-corrected chi connectivity index (χ1v) is 6.78. The Morgan fingerprint density at radius 3 is 2.50 bits per heavy atom. The van der Waals surface area contributed by atoms with Crippen LogP contribution >= 0.6 is 0 Å². The monoisotopic (exact) mass is 227 g/mol. The Morgan fingerprint density at radius 2 is 2.00 bits per heavy atom. The van der Waals surface area contributed by atoms with Gasteiger partial charge in [0, 0.05) is 6.04 Å². The summed E-state index contributed by atoms with van der Waals surface area (Å²) in [5.74, 6) is 0.405. The molecular weight excluding hydrogens is 198 g/mol. The molecule has 16 heavy (non-hydrogen) atoms. The Hall–Kier alpha value is -0.0800. The fourth-order valence-corrected chi connectivity index (χ4v) is 3.36. The second-order valence-electron chi connectivity index (χ2n) is 6.43. The Balaban J connectivity index is 2.87. The Bertz CT molecular complexity index is 221. The van der Waals surface area contributed by atoms with Crippen molar-refractivity contribution in [2.24, 2.45) is 11.3 Å². The Morgan fingerprint density at radius 1 is 1.38 bits per heavy atom. The summed E-state index contributed by atoms with van der Waals surface area (Å²) in [7, 11) is 0. The molecule has 3 atom stereocenters. The van der Waals surface area contributed by atoms with Gasteiger partial charge in [0.15, 0.2) is 0 Å². The van der Waals surface area contributed by atoms with Gasteiger partial charge in [0.1, 0.15) is 0 Å². The molecule has 0 aromatic carbocycles. The summed E-state index contributed by atoms with van der Waals surface area (Å²) in [6.45, 7) is 11.9. The minimum absolute atomic E-state index is 0.193. The van der Waals surface area contributed by atoms with Gasteiger partial charge < -0.3 is 10.4 Å². The first-order valence-electron chi connectivity index (χ1n) is 6.78. The lowest BCUT2D eigenvalue weighted by Crippen LogP contribution is -2.58. The van der Waals surface area contributed by atoms with Crippen molar-refractivity contribution in [1.29, 1.82) is 0 Å². The Labute approximate surface area is 101 Å². The maximum Gasteiger partial charge on any atom is 0.0830 e. The molecule has 0 spiro atoms. The van der Waals surface area contributed by atoms with Crippen molar-refractivity contribution in [3.8, 4) is 0 Å². The fraction of sp³-hybridized carbons (Fsp3) is 1.00. The van der Waals surface area contributed by atoms with Gasteiger partial charge in [-0.05, 0) is 37.6 Å². The molecule has 2 nitrogen and oxygen atoms in total. The molecule has 1 aliphatic rings. The summed E-state index contributed by atoms with van der Waals surface area (Å²) in [4.78, 5) is 0. The maximum absolute atomic E-state index is 11.0. The smallest absolute Gasteiger partial charge is 0.0830 e. The molecule has 3 unspecified atom stereocenters. The molecule has 0 aromatic heterocycles. The molecule has 0 saturated heterocycles. The van der Waals surface area contributed by atoms with Crippen LogP contribution in [0.4, 0.5) is 0 Å². The number of rotatable bonds is 3. The third kappa shape index (κ3) is 2.78. The number of likely N-dealkylation sites (N-methyl/N-ethyl adjacent to an activating group) is 1. The van der Waals surface area contributed by atoms with Crippen LogP contribution in [0.5, 0.6) is 0 Å². The average Bonchev–Trinajstić information content (AvgIpc) is 2.17. The van der Waals surface area contributed by atoms with Crippen molar-refractivity contribution in [2.75, 3.05) is 6.54 Å². The van der Waals surface area contributed by atoms with E-state index in [2.05, 4.69) is 39.9 Å². The Kier molecular flexibility index (Phi) is 4.42. The molecule has 0 bridgehead atoms. The molecule has 0 amide bonds. The van der Waals surface area contributed by atoms with Crippen LogP contribution in [0, 0.1) is 11.3 Å². The van der Waals surface area contributed by atoms with E-state index in [1.807, 2.05) is 0 Å². The van der Waals surface area contributed by atoms with Gasteiger partial charge in [-0.3, -0.25) is 0 Å². The van der Waals surface area contributed by atoms with Crippen molar-refractivity contribution >= 4 is 0 Å². The van der Waals surface area contributed by atoms with Gasteiger partial charge >= 0.3 is 0 Å². The second kappa shape index (κ2) is 5.05. The van der Waals surface area contributed by atoms with Crippen LogP contribution in [-0.4, -0.2) is 23.3 Å². The van der Waals surface area contributed by atoms with Crippen LogP contribution in [0.2, 0.25) is 0 Å². The minimum Gasteiger partial charge on any atom is -0.388 e. The van der Waals surface area contributed by atoms with E-state index in [9.17, 15) is 5.11 Å². The van der Waals surface area contributed by atoms with E-state index in [1.54, 1.807) is 0 Å². The largest absolute Gasteiger partial charge is 0.388 e. The predicted molar refractivity (Wildman–Crippen MR) is 69.5 cm³/mol. The number of aliphatic hydroxyl groups is 1. The minimum atomic E-state index is -0.521. The molecule has 96 valence electrons. The topological polar surface area (TPSA) is 32.3 Å². The highest BCUT2D eigenvalue weighted by Gasteiger charge is 2.47. The summed E-state index contributed by atoms with van der Waals surface area (Å²) in [5, 5.41) is 14.4. The van der Waals surface area contributed by atoms with Crippen molar-refractivity contribution < 1.29 is 5.11 Å². The molecule has 1 aliphatic carbocycles. The summed E-state index contributed by atoms with van der Waals surface area (Å²) in [5.41, 5.74) is -0.328. The highest BCUT2D eigenvalue weighted by Crippen LogP contribution is 2.45. The molecular formula is C14H29NO. The standard InChI is InChI=1S/C14H29NO/c1-6-15-11(2)14(16)10-8-7-9-12(14)13(3,4)5/h11-12,15-16H,6-10H2,1-5H3. The number of hydrogen-bond acceptors (Lipinski definition) is 2. The SMILES string of the molecule is CCNC(C)C1(O)CCCCC1C(C)(C)C. The van der Waals surface area contributed by atoms with Crippen LogP contribution in [-0.2, 0) is 0 Å². The van der Waals surface area contributed by atoms with Crippen LogP contribution in [0.15, 0.2) is 0 Å². The fourth-order valence-electron chi connectivity index (χ4n) is 3.36. The zero-order valence-corrected chi connectivity index (χ0v) is 11.6. The van der Waals surface area contributed by atoms with E-state index in [0.717, 1.165) is 19.4 Å². The van der Waals surface area contributed by atoms with Gasteiger partial charge in [0.05, 0.1) is 5.60 Å². The van der Waals surface area contributed by atoms with Gasteiger partial charge in [-0.25, -0.2) is 0 Å². The lowest BCUT2D eigenvalue weighted by Gasteiger charge is -2.50. The van der Waals surface area contributed by atoms with E-state index in [4.69, 9.17) is 0 Å². The molecule has 0 aromatic rings. The van der Waals surface area contributed by atoms with Crippen LogP contribution in [0.25, 0.3) is 0 Å². The zero-order chi connectivity index (χ0) is 12.4. The number of nitrogens with one attached hydrogen (secondary N) is 1. The second-order valence-corrected chi connectivity index (χ2v) is 6.43. The zero-order valence-electron chi connectivity index (χ0n) is 11.6. The van der Waals surface area contributed by atoms with Crippen molar-refractivity contribution in [1.82, 2.24) is 5.32 Å². The van der Waals surface area contributed by atoms with E-state index in [-0.39, 0.29) is 11.5 Å². The predicted octanol–water partition coefficient (Wildman–Crippen LogP) is 2.95. The molecule has 0 aliphatic heterocycles. The van der Waals surface area contributed by atoms with E-state index < -0.39 is 5.60 Å². The van der Waals surface area contributed by atoms with Crippen LogP contribution < -0.4 is 5.32 Å². The third-order valence-corrected chi connectivity index (χ3v) is 4.23. The van der Waals surface area contributed by atoms with Gasteiger partial charge in [-0.2, -0.15) is 0 Å². The molecule has 1 saturated carbocycles. The van der Waals surface area contributed by atoms with Crippen LogP contribution in [0.3, 0.4) is 0 Å². The first kappa shape index (κ1) is 14.0. The van der Waals surface area contributed by atoms with Gasteiger partial charge in [0.25, 0.3) is 0 Å². The van der Waals surface area contributed by atoms with E-state index in [1.165, 1.54) is 12.8 Å². The highest BCUT2D eigenvalue weighted by atomic mass is 16.3. The molecule has 0 radical (unpaired) electrons. The molecule has 0 heterocycles.